The number of hydrogen-bond donors (Lipinski definition) is 1. The highest BCUT2D eigenvalue weighted by Crippen LogP contribution is 2.28. The summed E-state index contributed by atoms with van der Waals surface area (Å²) in [5.74, 6) is 0. The maximum absolute atomic E-state index is 5.93. The summed E-state index contributed by atoms with van der Waals surface area (Å²) in [6.45, 7) is 0. The van der Waals surface area contributed by atoms with Gasteiger partial charge in [0.2, 0.25) is 0 Å². The van der Waals surface area contributed by atoms with Crippen LogP contribution >= 0.6 is 23.2 Å². The first-order chi connectivity index (χ1) is 13.1. The van der Waals surface area contributed by atoms with Gasteiger partial charge in [0.15, 0.2) is 0 Å². The van der Waals surface area contributed by atoms with Crippen molar-refractivity contribution < 1.29 is 0 Å². The average molecular weight is 393 g/mol. The minimum atomic E-state index is 0.589. The van der Waals surface area contributed by atoms with Crippen LogP contribution in [0, 0.1) is 0 Å². The van der Waals surface area contributed by atoms with Crippen molar-refractivity contribution in [1.82, 2.24) is 4.98 Å². The minimum absolute atomic E-state index is 0.589. The molecule has 0 fully saturated rings. The molecule has 3 aromatic carbocycles. The Bertz CT molecular complexity index is 1000. The molecule has 2 N–H and O–H groups in total. The Hall–Kier alpha value is -2.81. The smallest absolute Gasteiger partial charge is 0.0598 e. The Kier molecular flexibility index (Phi) is 6.48. The second-order valence-electron chi connectivity index (χ2n) is 5.86. The van der Waals surface area contributed by atoms with E-state index >= 15 is 0 Å². The fraction of sp³-hybridized carbons (Fsp3) is 0. The first-order valence-corrected chi connectivity index (χ1v) is 9.15. The Morgan fingerprint density at radius 3 is 1.85 bits per heavy atom. The standard InChI is InChI=1S/C12H8Cl2.C11H10N2/c13-11-7-6-10(8-12(11)14)9-4-2-1-3-5-9;12-11-3-1-2-10(8-11)9-4-6-13-7-5-9/h1-8H;1-8H,12H2. The number of nitrogen functional groups attached to an aromatic ring is 1. The van der Waals surface area contributed by atoms with Gasteiger partial charge in [-0.3, -0.25) is 4.98 Å². The lowest BCUT2D eigenvalue weighted by Crippen LogP contribution is -1.84. The van der Waals surface area contributed by atoms with Crippen molar-refractivity contribution in [3.8, 4) is 22.3 Å². The number of hydrogen-bond acceptors (Lipinski definition) is 2. The van der Waals surface area contributed by atoms with Gasteiger partial charge < -0.3 is 5.73 Å². The number of rotatable bonds is 2. The molecule has 0 radical (unpaired) electrons. The molecule has 27 heavy (non-hydrogen) atoms. The first-order valence-electron chi connectivity index (χ1n) is 8.40. The van der Waals surface area contributed by atoms with Crippen LogP contribution in [-0.2, 0) is 0 Å². The number of benzene rings is 3. The van der Waals surface area contributed by atoms with Crippen molar-refractivity contribution >= 4 is 28.9 Å². The molecule has 4 heteroatoms. The average Bonchev–Trinajstić information content (AvgIpc) is 2.72. The maximum atomic E-state index is 5.93. The number of nitrogens with two attached hydrogens (primary N) is 1. The van der Waals surface area contributed by atoms with E-state index in [1.807, 2.05) is 84.9 Å². The van der Waals surface area contributed by atoms with Crippen LogP contribution in [0.2, 0.25) is 10.0 Å². The third-order valence-electron chi connectivity index (χ3n) is 3.93. The van der Waals surface area contributed by atoms with E-state index in [9.17, 15) is 0 Å². The van der Waals surface area contributed by atoms with Crippen LogP contribution in [-0.4, -0.2) is 4.98 Å². The van der Waals surface area contributed by atoms with Crippen molar-refractivity contribution in [2.24, 2.45) is 0 Å². The van der Waals surface area contributed by atoms with Crippen molar-refractivity contribution in [1.29, 1.82) is 0 Å². The molecule has 4 aromatic rings. The summed E-state index contributed by atoms with van der Waals surface area (Å²) < 4.78 is 0. The van der Waals surface area contributed by atoms with Crippen LogP contribution in [0.5, 0.6) is 0 Å². The number of halogens is 2. The van der Waals surface area contributed by atoms with Gasteiger partial charge in [0, 0.05) is 18.1 Å². The molecule has 1 aromatic heterocycles. The zero-order chi connectivity index (χ0) is 19.1. The predicted octanol–water partition coefficient (Wildman–Crippen LogP) is 6.99. The van der Waals surface area contributed by atoms with Gasteiger partial charge in [0.05, 0.1) is 10.0 Å². The summed E-state index contributed by atoms with van der Waals surface area (Å²) in [5, 5.41) is 1.18. The van der Waals surface area contributed by atoms with Gasteiger partial charge in [0.25, 0.3) is 0 Å². The second kappa shape index (κ2) is 9.22. The highest BCUT2D eigenvalue weighted by Gasteiger charge is 2.00. The van der Waals surface area contributed by atoms with E-state index in [-0.39, 0.29) is 0 Å². The van der Waals surface area contributed by atoms with Crippen molar-refractivity contribution in [3.05, 3.63) is 107 Å². The van der Waals surface area contributed by atoms with Crippen molar-refractivity contribution in [3.63, 3.8) is 0 Å². The zero-order valence-electron chi connectivity index (χ0n) is 14.5. The number of nitrogens with zero attached hydrogens (tertiary/aromatic N) is 1. The fourth-order valence-corrected chi connectivity index (χ4v) is 2.87. The van der Waals surface area contributed by atoms with Gasteiger partial charge in [-0.15, -0.1) is 0 Å². The van der Waals surface area contributed by atoms with Crippen LogP contribution in [0.1, 0.15) is 0 Å². The number of pyridine rings is 1. The van der Waals surface area contributed by atoms with Gasteiger partial charge in [-0.25, -0.2) is 0 Å². The van der Waals surface area contributed by atoms with E-state index in [2.05, 4.69) is 4.98 Å². The molecule has 0 saturated carbocycles. The second-order valence-corrected chi connectivity index (χ2v) is 6.67. The molecule has 0 saturated heterocycles. The van der Waals surface area contributed by atoms with Gasteiger partial charge >= 0.3 is 0 Å². The summed E-state index contributed by atoms with van der Waals surface area (Å²) in [7, 11) is 0. The first kappa shape index (κ1) is 19.0. The van der Waals surface area contributed by atoms with Gasteiger partial charge in [-0.1, -0.05) is 71.7 Å². The lowest BCUT2D eigenvalue weighted by Gasteiger charge is -2.02. The normalized spacial score (nSPS) is 10.0. The molecule has 0 aliphatic carbocycles. The minimum Gasteiger partial charge on any atom is -0.399 e. The molecule has 0 unspecified atom stereocenters. The number of anilines is 1. The summed E-state index contributed by atoms with van der Waals surface area (Å²) in [6.07, 6.45) is 3.55. The van der Waals surface area contributed by atoms with Crippen LogP contribution in [0.25, 0.3) is 22.3 Å². The molecule has 0 bridgehead atoms. The lowest BCUT2D eigenvalue weighted by atomic mass is 10.1. The molecule has 2 nitrogen and oxygen atoms in total. The molecule has 0 aliphatic heterocycles. The fourth-order valence-electron chi connectivity index (χ4n) is 2.57. The van der Waals surface area contributed by atoms with E-state index in [0.29, 0.717) is 10.0 Å². The maximum Gasteiger partial charge on any atom is 0.0598 e. The van der Waals surface area contributed by atoms with Crippen molar-refractivity contribution in [2.45, 2.75) is 0 Å². The Labute approximate surface area is 169 Å². The largest absolute Gasteiger partial charge is 0.399 e. The summed E-state index contributed by atoms with van der Waals surface area (Å²) in [5.41, 5.74) is 11.0. The molecule has 4 rings (SSSR count). The Morgan fingerprint density at radius 1 is 0.556 bits per heavy atom. The lowest BCUT2D eigenvalue weighted by molar-refractivity contribution is 1.33. The predicted molar refractivity (Wildman–Crippen MR) is 116 cm³/mol. The monoisotopic (exact) mass is 392 g/mol. The Morgan fingerprint density at radius 2 is 1.19 bits per heavy atom. The van der Waals surface area contributed by atoms with Crippen LogP contribution in [0.3, 0.4) is 0 Å². The molecule has 0 aliphatic rings. The van der Waals surface area contributed by atoms with E-state index in [0.717, 1.165) is 27.9 Å². The molecular weight excluding hydrogens is 375 g/mol. The summed E-state index contributed by atoms with van der Waals surface area (Å²) >= 11 is 11.8. The topological polar surface area (TPSA) is 38.9 Å². The molecule has 0 atom stereocenters. The third kappa shape index (κ3) is 5.33. The highest BCUT2D eigenvalue weighted by atomic mass is 35.5. The van der Waals surface area contributed by atoms with E-state index in [4.69, 9.17) is 28.9 Å². The van der Waals surface area contributed by atoms with Crippen molar-refractivity contribution in [2.75, 3.05) is 5.73 Å². The van der Waals surface area contributed by atoms with Gasteiger partial charge in [0.1, 0.15) is 0 Å². The van der Waals surface area contributed by atoms with Crippen LogP contribution in [0.15, 0.2) is 97.3 Å². The van der Waals surface area contributed by atoms with Gasteiger partial charge in [-0.05, 0) is 58.7 Å². The van der Waals surface area contributed by atoms with E-state index in [1.54, 1.807) is 12.4 Å². The molecule has 0 spiro atoms. The summed E-state index contributed by atoms with van der Waals surface area (Å²) in [4.78, 5) is 3.96. The van der Waals surface area contributed by atoms with Crippen LogP contribution in [0.4, 0.5) is 5.69 Å². The highest BCUT2D eigenvalue weighted by molar-refractivity contribution is 6.42. The molecular formula is C23H18Cl2N2. The SMILES string of the molecule is Clc1ccc(-c2ccccc2)cc1Cl.Nc1cccc(-c2ccncc2)c1. The summed E-state index contributed by atoms with van der Waals surface area (Å²) in [6, 6.07) is 27.5. The third-order valence-corrected chi connectivity index (χ3v) is 4.67. The van der Waals surface area contributed by atoms with E-state index < -0.39 is 0 Å². The molecule has 0 amide bonds. The van der Waals surface area contributed by atoms with E-state index in [1.165, 1.54) is 0 Å². The molecule has 1 heterocycles. The Balaban J connectivity index is 0.000000156. The quantitative estimate of drug-likeness (QED) is 0.373. The molecule has 134 valence electrons. The van der Waals surface area contributed by atoms with Gasteiger partial charge in [-0.2, -0.15) is 0 Å². The van der Waals surface area contributed by atoms with Crippen LogP contribution < -0.4 is 5.73 Å². The number of aromatic nitrogens is 1. The zero-order valence-corrected chi connectivity index (χ0v) is 16.0.